The second-order valence-corrected chi connectivity index (χ2v) is 5.60. The molecule has 0 spiro atoms. The zero-order valence-electron chi connectivity index (χ0n) is 10.3. The van der Waals surface area contributed by atoms with E-state index in [4.69, 9.17) is 17.4 Å². The van der Waals surface area contributed by atoms with Crippen molar-refractivity contribution < 1.29 is 8.78 Å². The summed E-state index contributed by atoms with van der Waals surface area (Å²) in [5.74, 6) is 4.62. The summed E-state index contributed by atoms with van der Waals surface area (Å²) >= 11 is 9.22. The number of rotatable bonds is 4. The summed E-state index contributed by atoms with van der Waals surface area (Å²) in [7, 11) is 0. The lowest BCUT2D eigenvalue weighted by Gasteiger charge is -2.18. The van der Waals surface area contributed by atoms with Crippen molar-refractivity contribution in [1.29, 1.82) is 0 Å². The van der Waals surface area contributed by atoms with Gasteiger partial charge in [-0.3, -0.25) is 11.3 Å². The second-order valence-electron chi connectivity index (χ2n) is 4.30. The number of nitrogens with two attached hydrogens (primary N) is 1. The summed E-state index contributed by atoms with van der Waals surface area (Å²) in [5, 5.41) is -0.00847. The van der Waals surface area contributed by atoms with Crippen LogP contribution in [-0.2, 0) is 6.42 Å². The van der Waals surface area contributed by atoms with Gasteiger partial charge in [0.1, 0.15) is 11.6 Å². The van der Waals surface area contributed by atoms with Crippen molar-refractivity contribution >= 4 is 27.5 Å². The van der Waals surface area contributed by atoms with Gasteiger partial charge in [0.15, 0.2) is 0 Å². The zero-order chi connectivity index (χ0) is 14.7. The monoisotopic (exact) mass is 360 g/mol. The summed E-state index contributed by atoms with van der Waals surface area (Å²) < 4.78 is 28.0. The number of hydrazine groups is 1. The zero-order valence-corrected chi connectivity index (χ0v) is 12.7. The standard InChI is InChI=1S/C14H12BrClF2N2/c15-9-4-5-11(17)8(6-9)7-13(20-19)10-2-1-3-12(18)14(10)16/h1-6,13,20H,7,19H2. The molecule has 2 aromatic rings. The summed E-state index contributed by atoms with van der Waals surface area (Å²) in [4.78, 5) is 0. The Morgan fingerprint density at radius 2 is 1.95 bits per heavy atom. The van der Waals surface area contributed by atoms with Crippen LogP contribution < -0.4 is 11.3 Å². The Morgan fingerprint density at radius 3 is 2.65 bits per heavy atom. The van der Waals surface area contributed by atoms with Crippen LogP contribution in [0.2, 0.25) is 5.02 Å². The molecule has 3 N–H and O–H groups in total. The van der Waals surface area contributed by atoms with Crippen LogP contribution in [0.4, 0.5) is 8.78 Å². The number of hydrogen-bond acceptors (Lipinski definition) is 2. The molecule has 2 rings (SSSR count). The van der Waals surface area contributed by atoms with E-state index >= 15 is 0 Å². The van der Waals surface area contributed by atoms with Gasteiger partial charge in [0.05, 0.1) is 11.1 Å². The largest absolute Gasteiger partial charge is 0.271 e. The van der Waals surface area contributed by atoms with Crippen LogP contribution in [0.5, 0.6) is 0 Å². The average Bonchev–Trinajstić information content (AvgIpc) is 2.43. The van der Waals surface area contributed by atoms with Crippen LogP contribution in [0.25, 0.3) is 0 Å². The first kappa shape index (κ1) is 15.4. The lowest BCUT2D eigenvalue weighted by molar-refractivity contribution is 0.524. The SMILES string of the molecule is NNC(Cc1cc(Br)ccc1F)c1cccc(F)c1Cl. The molecule has 0 fully saturated rings. The van der Waals surface area contributed by atoms with E-state index in [1.807, 2.05) is 0 Å². The van der Waals surface area contributed by atoms with Crippen molar-refractivity contribution in [2.45, 2.75) is 12.5 Å². The average molecular weight is 362 g/mol. The third-order valence-electron chi connectivity index (χ3n) is 2.99. The Balaban J connectivity index is 2.34. The van der Waals surface area contributed by atoms with Gasteiger partial charge in [-0.15, -0.1) is 0 Å². The number of hydrogen-bond donors (Lipinski definition) is 2. The minimum Gasteiger partial charge on any atom is -0.271 e. The van der Waals surface area contributed by atoms with E-state index in [0.29, 0.717) is 11.1 Å². The third kappa shape index (κ3) is 3.35. The maximum Gasteiger partial charge on any atom is 0.142 e. The van der Waals surface area contributed by atoms with Crippen LogP contribution in [0.3, 0.4) is 0 Å². The molecule has 0 heterocycles. The number of nitrogens with one attached hydrogen (secondary N) is 1. The molecule has 0 aliphatic heterocycles. The molecule has 2 aromatic carbocycles. The first-order valence-corrected chi connectivity index (χ1v) is 7.04. The number of halogens is 4. The van der Waals surface area contributed by atoms with E-state index in [-0.39, 0.29) is 17.3 Å². The van der Waals surface area contributed by atoms with Gasteiger partial charge in [0.2, 0.25) is 0 Å². The predicted molar refractivity (Wildman–Crippen MR) is 79.3 cm³/mol. The molecule has 2 nitrogen and oxygen atoms in total. The molecule has 1 atom stereocenters. The van der Waals surface area contributed by atoms with Crippen molar-refractivity contribution in [3.05, 3.63) is 68.7 Å². The normalized spacial score (nSPS) is 12.4. The molecule has 6 heteroatoms. The summed E-state index contributed by atoms with van der Waals surface area (Å²) in [6.45, 7) is 0. The van der Waals surface area contributed by atoms with Gasteiger partial charge in [-0.25, -0.2) is 8.78 Å². The molecule has 0 aromatic heterocycles. The highest BCUT2D eigenvalue weighted by molar-refractivity contribution is 9.10. The highest BCUT2D eigenvalue weighted by atomic mass is 79.9. The summed E-state index contributed by atoms with van der Waals surface area (Å²) in [5.41, 5.74) is 3.50. The molecule has 0 saturated heterocycles. The van der Waals surface area contributed by atoms with Crippen molar-refractivity contribution in [2.24, 2.45) is 5.84 Å². The van der Waals surface area contributed by atoms with Crippen molar-refractivity contribution in [2.75, 3.05) is 0 Å². The maximum atomic E-state index is 13.8. The van der Waals surface area contributed by atoms with E-state index in [1.54, 1.807) is 18.2 Å². The van der Waals surface area contributed by atoms with Gasteiger partial charge in [0, 0.05) is 4.47 Å². The topological polar surface area (TPSA) is 38.0 Å². The molecular weight excluding hydrogens is 350 g/mol. The van der Waals surface area contributed by atoms with Crippen LogP contribution in [0.1, 0.15) is 17.2 Å². The van der Waals surface area contributed by atoms with Crippen molar-refractivity contribution in [3.63, 3.8) is 0 Å². The fourth-order valence-electron chi connectivity index (χ4n) is 1.97. The van der Waals surface area contributed by atoms with Crippen LogP contribution in [0.15, 0.2) is 40.9 Å². The van der Waals surface area contributed by atoms with Crippen molar-refractivity contribution in [3.8, 4) is 0 Å². The van der Waals surface area contributed by atoms with Crippen LogP contribution in [0, 0.1) is 11.6 Å². The highest BCUT2D eigenvalue weighted by Crippen LogP contribution is 2.28. The fourth-order valence-corrected chi connectivity index (χ4v) is 2.63. The summed E-state index contributed by atoms with van der Waals surface area (Å²) in [6, 6.07) is 8.61. The second kappa shape index (κ2) is 6.63. The Labute approximate surface area is 129 Å². The fraction of sp³-hybridized carbons (Fsp3) is 0.143. The molecule has 0 aliphatic rings. The van der Waals surface area contributed by atoms with Gasteiger partial charge in [-0.1, -0.05) is 39.7 Å². The Hall–Kier alpha value is -1.01. The lowest BCUT2D eigenvalue weighted by atomic mass is 9.99. The van der Waals surface area contributed by atoms with E-state index < -0.39 is 11.9 Å². The Morgan fingerprint density at radius 1 is 1.20 bits per heavy atom. The lowest BCUT2D eigenvalue weighted by Crippen LogP contribution is -2.30. The van der Waals surface area contributed by atoms with Crippen molar-refractivity contribution in [1.82, 2.24) is 5.43 Å². The van der Waals surface area contributed by atoms with Crippen LogP contribution >= 0.6 is 27.5 Å². The minimum atomic E-state index is -0.529. The quantitative estimate of drug-likeness (QED) is 0.635. The minimum absolute atomic E-state index is 0.00847. The molecule has 0 bridgehead atoms. The molecule has 106 valence electrons. The highest BCUT2D eigenvalue weighted by Gasteiger charge is 2.18. The van der Waals surface area contributed by atoms with Crippen LogP contribution in [-0.4, -0.2) is 0 Å². The Kier molecular flexibility index (Phi) is 5.10. The van der Waals surface area contributed by atoms with Gasteiger partial charge in [-0.05, 0) is 41.8 Å². The molecule has 1 unspecified atom stereocenters. The van der Waals surface area contributed by atoms with Gasteiger partial charge >= 0.3 is 0 Å². The van der Waals surface area contributed by atoms with E-state index in [9.17, 15) is 8.78 Å². The van der Waals surface area contributed by atoms with Gasteiger partial charge < -0.3 is 0 Å². The molecule has 20 heavy (non-hydrogen) atoms. The first-order chi connectivity index (χ1) is 9.52. The Bertz CT molecular complexity index is 622. The van der Waals surface area contributed by atoms with E-state index in [1.165, 1.54) is 18.2 Å². The predicted octanol–water partition coefficient (Wildman–Crippen LogP) is 4.13. The molecule has 0 radical (unpaired) electrons. The molecule has 0 aliphatic carbocycles. The summed E-state index contributed by atoms with van der Waals surface area (Å²) in [6.07, 6.45) is 0.255. The molecular formula is C14H12BrClF2N2. The molecule has 0 amide bonds. The third-order valence-corrected chi connectivity index (χ3v) is 3.88. The number of benzene rings is 2. The maximum absolute atomic E-state index is 13.8. The first-order valence-electron chi connectivity index (χ1n) is 5.87. The van der Waals surface area contributed by atoms with E-state index in [2.05, 4.69) is 21.4 Å². The van der Waals surface area contributed by atoms with Gasteiger partial charge in [0.25, 0.3) is 0 Å². The smallest absolute Gasteiger partial charge is 0.142 e. The van der Waals surface area contributed by atoms with Gasteiger partial charge in [-0.2, -0.15) is 0 Å². The van der Waals surface area contributed by atoms with E-state index in [0.717, 1.165) is 4.47 Å². The molecule has 0 saturated carbocycles.